The smallest absolute Gasteiger partial charge is 0.208 e. The largest absolute Gasteiger partial charge is 0.495 e. The number of nitrogens with one attached hydrogen (secondary N) is 1. The molecule has 0 spiro atoms. The van der Waals surface area contributed by atoms with E-state index in [2.05, 4.69) is 22.2 Å². The second-order valence-corrected chi connectivity index (χ2v) is 8.23. The summed E-state index contributed by atoms with van der Waals surface area (Å²) in [7, 11) is 0.0944. The number of pyridine rings is 1. The zero-order chi connectivity index (χ0) is 17.9. The molecule has 1 aliphatic rings. The molecule has 0 bridgehead atoms. The maximum Gasteiger partial charge on any atom is 0.208 e. The van der Waals surface area contributed by atoms with Crippen molar-refractivity contribution in [3.63, 3.8) is 0 Å². The molecule has 0 unspecified atom stereocenters. The van der Waals surface area contributed by atoms with Gasteiger partial charge in [0.15, 0.2) is 0 Å². The summed E-state index contributed by atoms with van der Waals surface area (Å²) in [6, 6.07) is 8.40. The topological polar surface area (TPSA) is 71.5 Å². The van der Waals surface area contributed by atoms with Crippen LogP contribution in [0, 0.1) is 0 Å². The molecular formula is C18H23N3O3S. The van der Waals surface area contributed by atoms with E-state index in [4.69, 9.17) is 4.74 Å². The molecule has 2 heterocycles. The second-order valence-electron chi connectivity index (χ2n) is 6.28. The van der Waals surface area contributed by atoms with Gasteiger partial charge in [-0.2, -0.15) is 0 Å². The molecule has 0 aliphatic carbocycles. The molecule has 0 atom stereocenters. The first-order chi connectivity index (χ1) is 12.0. The zero-order valence-corrected chi connectivity index (χ0v) is 15.3. The lowest BCUT2D eigenvalue weighted by atomic mass is 10.1. The number of hydrogen-bond acceptors (Lipinski definition) is 6. The Morgan fingerprint density at radius 1 is 1.20 bits per heavy atom. The van der Waals surface area contributed by atoms with Crippen LogP contribution in [-0.2, 0) is 9.84 Å². The number of ether oxygens (including phenoxy) is 1. The number of rotatable bonds is 5. The standard InChI is InChI=1S/C18H23N3O3S/c1-21-10-7-14(8-11-21)20-17-12-15(5-6-18(17)24-2)25(22,23)16-4-3-9-19-13-16/h3-6,9,12-14,20H,7-8,10-11H2,1-2H3. The van der Waals surface area contributed by atoms with Gasteiger partial charge in [0.2, 0.25) is 9.84 Å². The van der Waals surface area contributed by atoms with Crippen molar-refractivity contribution in [2.75, 3.05) is 32.6 Å². The summed E-state index contributed by atoms with van der Waals surface area (Å²) < 4.78 is 31.0. The Hall–Kier alpha value is -2.12. The predicted molar refractivity (Wildman–Crippen MR) is 96.8 cm³/mol. The van der Waals surface area contributed by atoms with E-state index in [0.29, 0.717) is 17.5 Å². The van der Waals surface area contributed by atoms with E-state index in [1.54, 1.807) is 43.6 Å². The molecule has 1 aromatic heterocycles. The third-order valence-corrected chi connectivity index (χ3v) is 6.24. The van der Waals surface area contributed by atoms with Crippen molar-refractivity contribution in [3.05, 3.63) is 42.7 Å². The molecule has 1 aliphatic heterocycles. The lowest BCUT2D eigenvalue weighted by molar-refractivity contribution is 0.263. The fourth-order valence-corrected chi connectivity index (χ4v) is 4.23. The normalized spacial score (nSPS) is 16.6. The number of anilines is 1. The van der Waals surface area contributed by atoms with Crippen LogP contribution in [0.15, 0.2) is 52.5 Å². The molecule has 0 saturated carbocycles. The Bertz CT molecular complexity index is 817. The fraction of sp³-hybridized carbons (Fsp3) is 0.389. The summed E-state index contributed by atoms with van der Waals surface area (Å²) >= 11 is 0. The predicted octanol–water partition coefficient (Wildman–Crippen LogP) is 2.43. The molecule has 25 heavy (non-hydrogen) atoms. The van der Waals surface area contributed by atoms with Crippen LogP contribution in [0.25, 0.3) is 0 Å². The lowest BCUT2D eigenvalue weighted by Gasteiger charge is -2.30. The minimum atomic E-state index is -3.60. The summed E-state index contributed by atoms with van der Waals surface area (Å²) in [6.45, 7) is 2.04. The van der Waals surface area contributed by atoms with Crippen molar-refractivity contribution in [2.45, 2.75) is 28.7 Å². The van der Waals surface area contributed by atoms with E-state index >= 15 is 0 Å². The van der Waals surface area contributed by atoms with Crippen molar-refractivity contribution in [1.29, 1.82) is 0 Å². The molecular weight excluding hydrogens is 338 g/mol. The highest BCUT2D eigenvalue weighted by molar-refractivity contribution is 7.91. The Balaban J connectivity index is 1.90. The minimum absolute atomic E-state index is 0.186. The number of aromatic nitrogens is 1. The first-order valence-corrected chi connectivity index (χ1v) is 9.77. The monoisotopic (exact) mass is 361 g/mol. The van der Waals surface area contributed by atoms with Gasteiger partial charge in [-0.05, 0) is 63.3 Å². The molecule has 7 heteroatoms. The lowest BCUT2D eigenvalue weighted by Crippen LogP contribution is -2.36. The van der Waals surface area contributed by atoms with Gasteiger partial charge in [0.05, 0.1) is 22.6 Å². The fourth-order valence-electron chi connectivity index (χ4n) is 2.98. The number of piperidine rings is 1. The molecule has 0 amide bonds. The van der Waals surface area contributed by atoms with E-state index in [0.717, 1.165) is 25.9 Å². The van der Waals surface area contributed by atoms with Gasteiger partial charge in [-0.1, -0.05) is 0 Å². The molecule has 1 saturated heterocycles. The highest BCUT2D eigenvalue weighted by atomic mass is 32.2. The average molecular weight is 361 g/mol. The molecule has 6 nitrogen and oxygen atoms in total. The highest BCUT2D eigenvalue weighted by Crippen LogP contribution is 2.31. The van der Waals surface area contributed by atoms with E-state index in [1.165, 1.54) is 6.20 Å². The van der Waals surface area contributed by atoms with Crippen LogP contribution in [0.3, 0.4) is 0 Å². The van der Waals surface area contributed by atoms with Crippen LogP contribution >= 0.6 is 0 Å². The first-order valence-electron chi connectivity index (χ1n) is 8.29. The van der Waals surface area contributed by atoms with E-state index < -0.39 is 9.84 Å². The number of sulfone groups is 1. The summed E-state index contributed by atoms with van der Waals surface area (Å²) in [5.41, 5.74) is 0.710. The highest BCUT2D eigenvalue weighted by Gasteiger charge is 2.22. The number of hydrogen-bond donors (Lipinski definition) is 1. The van der Waals surface area contributed by atoms with Crippen LogP contribution in [0.4, 0.5) is 5.69 Å². The number of methoxy groups -OCH3 is 1. The maximum atomic E-state index is 12.8. The van der Waals surface area contributed by atoms with Gasteiger partial charge in [0.25, 0.3) is 0 Å². The van der Waals surface area contributed by atoms with Crippen LogP contribution in [0.1, 0.15) is 12.8 Å². The van der Waals surface area contributed by atoms with Gasteiger partial charge in [-0.15, -0.1) is 0 Å². The van der Waals surface area contributed by atoms with Crippen LogP contribution in [0.5, 0.6) is 5.75 Å². The Morgan fingerprint density at radius 2 is 1.96 bits per heavy atom. The van der Waals surface area contributed by atoms with E-state index in [9.17, 15) is 8.42 Å². The van der Waals surface area contributed by atoms with Crippen molar-refractivity contribution < 1.29 is 13.2 Å². The molecule has 1 fully saturated rings. The van der Waals surface area contributed by atoms with E-state index in [1.807, 2.05) is 0 Å². The summed E-state index contributed by atoms with van der Waals surface area (Å²) in [6.07, 6.45) is 4.95. The Kier molecular flexibility index (Phi) is 5.24. The van der Waals surface area contributed by atoms with Gasteiger partial charge in [-0.25, -0.2) is 8.42 Å². The van der Waals surface area contributed by atoms with Crippen LogP contribution in [0.2, 0.25) is 0 Å². The molecule has 3 rings (SSSR count). The summed E-state index contributed by atoms with van der Waals surface area (Å²) in [5, 5.41) is 3.45. The minimum Gasteiger partial charge on any atom is -0.495 e. The Morgan fingerprint density at radius 3 is 2.60 bits per heavy atom. The van der Waals surface area contributed by atoms with Crippen LogP contribution in [-0.4, -0.2) is 51.6 Å². The van der Waals surface area contributed by atoms with Gasteiger partial charge in [-0.3, -0.25) is 4.98 Å². The van der Waals surface area contributed by atoms with Crippen molar-refractivity contribution in [2.24, 2.45) is 0 Å². The zero-order valence-electron chi connectivity index (χ0n) is 14.5. The number of nitrogens with zero attached hydrogens (tertiary/aromatic N) is 2. The average Bonchev–Trinajstić information content (AvgIpc) is 2.64. The molecule has 0 radical (unpaired) electrons. The number of likely N-dealkylation sites (tertiary alicyclic amines) is 1. The second kappa shape index (κ2) is 7.41. The molecule has 1 N–H and O–H groups in total. The number of benzene rings is 1. The van der Waals surface area contributed by atoms with Gasteiger partial charge >= 0.3 is 0 Å². The van der Waals surface area contributed by atoms with Crippen molar-refractivity contribution in [3.8, 4) is 5.75 Å². The first kappa shape index (κ1) is 17.7. The van der Waals surface area contributed by atoms with E-state index in [-0.39, 0.29) is 9.79 Å². The maximum absolute atomic E-state index is 12.8. The quantitative estimate of drug-likeness (QED) is 0.882. The van der Waals surface area contributed by atoms with Crippen molar-refractivity contribution in [1.82, 2.24) is 9.88 Å². The van der Waals surface area contributed by atoms with Gasteiger partial charge in [0.1, 0.15) is 5.75 Å². The Labute approximate surface area is 148 Å². The van der Waals surface area contributed by atoms with Gasteiger partial charge < -0.3 is 15.0 Å². The third-order valence-electron chi connectivity index (χ3n) is 4.50. The third kappa shape index (κ3) is 3.93. The SMILES string of the molecule is COc1ccc(S(=O)(=O)c2cccnc2)cc1NC1CCN(C)CC1. The summed E-state index contributed by atoms with van der Waals surface area (Å²) in [4.78, 5) is 6.62. The van der Waals surface area contributed by atoms with Crippen LogP contribution < -0.4 is 10.1 Å². The van der Waals surface area contributed by atoms with Gasteiger partial charge in [0, 0.05) is 18.4 Å². The molecule has 134 valence electrons. The van der Waals surface area contributed by atoms with Crippen molar-refractivity contribution >= 4 is 15.5 Å². The summed E-state index contributed by atoms with van der Waals surface area (Å²) in [5.74, 6) is 0.643. The molecule has 1 aromatic carbocycles. The molecule has 2 aromatic rings.